The highest BCUT2D eigenvalue weighted by molar-refractivity contribution is 5.64. The number of aryl methyl sites for hydroxylation is 14. The lowest BCUT2D eigenvalue weighted by Gasteiger charge is -2.10. The van der Waals surface area contributed by atoms with E-state index in [0.29, 0.717) is 11.8 Å². The molecule has 4 aromatic heterocycles. The van der Waals surface area contributed by atoms with Crippen LogP contribution in [0, 0.1) is 55.4 Å². The summed E-state index contributed by atoms with van der Waals surface area (Å²) in [6.45, 7) is 30.6. The van der Waals surface area contributed by atoms with Gasteiger partial charge in [-0.2, -0.15) is 0 Å². The first-order valence-corrected chi connectivity index (χ1v) is 25.5. The summed E-state index contributed by atoms with van der Waals surface area (Å²) in [5, 5.41) is 0. The molecule has 4 heterocycles. The number of pyridine rings is 4. The van der Waals surface area contributed by atoms with Crippen LogP contribution in [0.4, 0.5) is 0 Å². The van der Waals surface area contributed by atoms with Gasteiger partial charge in [-0.3, -0.25) is 0 Å². The maximum atomic E-state index is 2.31. The van der Waals surface area contributed by atoms with Gasteiger partial charge in [-0.05, 0) is 162 Å². The van der Waals surface area contributed by atoms with Gasteiger partial charge in [0.2, 0.25) is 22.8 Å². The van der Waals surface area contributed by atoms with Crippen molar-refractivity contribution >= 4 is 0 Å². The summed E-state index contributed by atoms with van der Waals surface area (Å²) in [5.74, 6) is 1.16. The Morgan fingerprint density at radius 1 is 0.314 bits per heavy atom. The summed E-state index contributed by atoms with van der Waals surface area (Å²) in [4.78, 5) is 0. The van der Waals surface area contributed by atoms with Crippen LogP contribution in [-0.2, 0) is 41.0 Å². The Balaban J connectivity index is 0.000000174. The summed E-state index contributed by atoms with van der Waals surface area (Å²) in [6, 6.07) is 44.4. The van der Waals surface area contributed by atoms with Crippen LogP contribution in [0.2, 0.25) is 0 Å². The second kappa shape index (κ2) is 24.9. The Hall–Kier alpha value is -6.52. The molecule has 8 rings (SSSR count). The van der Waals surface area contributed by atoms with Crippen LogP contribution in [0.5, 0.6) is 0 Å². The number of nitrogens with zero attached hydrogens (tertiary/aromatic N) is 4. The topological polar surface area (TPSA) is 15.5 Å². The average molecular weight is 933 g/mol. The molecule has 0 unspecified atom stereocenters. The molecule has 4 nitrogen and oxygen atoms in total. The molecule has 0 aliphatic carbocycles. The number of hydrogen-bond acceptors (Lipinski definition) is 0. The molecule has 0 N–H and O–H groups in total. The lowest BCUT2D eigenvalue weighted by Crippen LogP contribution is -2.31. The molecule has 0 radical (unpaired) electrons. The predicted octanol–water partition coefficient (Wildman–Crippen LogP) is 14.6. The second-order valence-electron chi connectivity index (χ2n) is 20.3. The monoisotopic (exact) mass is 933 g/mol. The molecule has 4 heteroatoms. The van der Waals surface area contributed by atoms with Crippen LogP contribution in [0.15, 0.2) is 146 Å². The van der Waals surface area contributed by atoms with Crippen LogP contribution in [0.25, 0.3) is 45.0 Å². The molecule has 0 amide bonds. The van der Waals surface area contributed by atoms with Crippen molar-refractivity contribution in [3.63, 3.8) is 0 Å². The van der Waals surface area contributed by atoms with Gasteiger partial charge in [-0.1, -0.05) is 101 Å². The Morgan fingerprint density at radius 3 is 1.01 bits per heavy atom. The highest BCUT2D eigenvalue weighted by atomic mass is 14.9. The minimum atomic E-state index is 0.573. The zero-order valence-electron chi connectivity index (χ0n) is 46.2. The van der Waals surface area contributed by atoms with Crippen LogP contribution < -0.4 is 18.3 Å². The van der Waals surface area contributed by atoms with Crippen molar-refractivity contribution in [1.29, 1.82) is 0 Å². The Bertz CT molecular complexity index is 2840. The highest BCUT2D eigenvalue weighted by Crippen LogP contribution is 2.27. The standard InChI is InChI=1S/2C17H22N.2C16H20N/c1-12(2)15-7-8-16(14(4)10-15)17-9-6-13(3)11-18(17)5;1-12(2)15-7-9-17(18(5)11-15)16-8-6-13(3)10-14(16)4;1-5-14-7-8-15(13(3)10-14)16-9-6-12(2)11-17(16)4;1-5-14-7-9-16(17(4)11-14)15-8-6-12(2)10-13(15)3/h2*6-12H,1-5H3;2*6-11H,5H2,1-4H3/q4*+1. The third-order valence-electron chi connectivity index (χ3n) is 13.5. The Kier molecular flexibility index (Phi) is 19.3. The number of aromatic nitrogens is 4. The van der Waals surface area contributed by atoms with E-state index in [-0.39, 0.29) is 0 Å². The van der Waals surface area contributed by atoms with E-state index in [1.54, 1.807) is 0 Å². The Morgan fingerprint density at radius 2 is 0.643 bits per heavy atom. The molecule has 70 heavy (non-hydrogen) atoms. The van der Waals surface area contributed by atoms with Crippen LogP contribution in [0.1, 0.15) is 120 Å². The second-order valence-corrected chi connectivity index (χ2v) is 20.3. The van der Waals surface area contributed by atoms with Gasteiger partial charge in [0, 0.05) is 68.8 Å². The quantitative estimate of drug-likeness (QED) is 0.135. The van der Waals surface area contributed by atoms with Crippen molar-refractivity contribution in [3.8, 4) is 45.0 Å². The molecule has 0 saturated carbocycles. The minimum Gasteiger partial charge on any atom is -0.201 e. The van der Waals surface area contributed by atoms with E-state index >= 15 is 0 Å². The zero-order valence-corrected chi connectivity index (χ0v) is 46.2. The summed E-state index contributed by atoms with van der Waals surface area (Å²) in [5.41, 5.74) is 26.5. The average Bonchev–Trinajstić information content (AvgIpc) is 3.30. The molecule has 8 aromatic rings. The first-order chi connectivity index (χ1) is 33.2. The molecule has 0 aliphatic rings. The van der Waals surface area contributed by atoms with Crippen molar-refractivity contribution < 1.29 is 18.3 Å². The predicted molar refractivity (Wildman–Crippen MR) is 297 cm³/mol. The first-order valence-electron chi connectivity index (χ1n) is 25.5. The normalized spacial score (nSPS) is 10.8. The van der Waals surface area contributed by atoms with Crippen LogP contribution in [-0.4, -0.2) is 0 Å². The van der Waals surface area contributed by atoms with Crippen molar-refractivity contribution in [2.45, 2.75) is 122 Å². The van der Waals surface area contributed by atoms with E-state index in [0.717, 1.165) is 12.8 Å². The van der Waals surface area contributed by atoms with Crippen LogP contribution in [0.3, 0.4) is 0 Å². The third-order valence-corrected chi connectivity index (χ3v) is 13.5. The molecule has 4 aromatic carbocycles. The summed E-state index contributed by atoms with van der Waals surface area (Å²) in [6.07, 6.45) is 11.0. The maximum Gasteiger partial charge on any atom is 0.212 e. The van der Waals surface area contributed by atoms with E-state index in [4.69, 9.17) is 0 Å². The fourth-order valence-corrected chi connectivity index (χ4v) is 9.22. The SMILES string of the molecule is CCc1ccc(-c2ccc(C)c[n+]2C)c(C)c1.CCc1ccc(-c2ccc(C)cc2C)[n+](C)c1.Cc1ccc(-c2ccc(C(C)C)c[n+]2C)c(C)c1.Cc1ccc(-c2ccc(C(C)C)cc2C)[n+](C)c1. The largest absolute Gasteiger partial charge is 0.212 e. The highest BCUT2D eigenvalue weighted by Gasteiger charge is 2.17. The van der Waals surface area contributed by atoms with Gasteiger partial charge < -0.3 is 0 Å². The molecule has 0 saturated heterocycles. The van der Waals surface area contributed by atoms with Crippen molar-refractivity contribution in [3.05, 3.63) is 213 Å². The van der Waals surface area contributed by atoms with Crippen LogP contribution >= 0.6 is 0 Å². The molecule has 0 atom stereocenters. The van der Waals surface area contributed by atoms with Gasteiger partial charge in [0.15, 0.2) is 24.8 Å². The van der Waals surface area contributed by atoms with E-state index in [9.17, 15) is 0 Å². The first kappa shape index (κ1) is 54.4. The minimum absolute atomic E-state index is 0.573. The van der Waals surface area contributed by atoms with Gasteiger partial charge in [-0.25, -0.2) is 18.3 Å². The van der Waals surface area contributed by atoms with Crippen molar-refractivity contribution in [2.24, 2.45) is 28.2 Å². The van der Waals surface area contributed by atoms with E-state index in [2.05, 4.69) is 290 Å². The molecule has 0 spiro atoms. The summed E-state index contributed by atoms with van der Waals surface area (Å²) in [7, 11) is 8.46. The van der Waals surface area contributed by atoms with Gasteiger partial charge in [0.25, 0.3) is 0 Å². The molecule has 364 valence electrons. The lowest BCUT2D eigenvalue weighted by atomic mass is 9.96. The van der Waals surface area contributed by atoms with Gasteiger partial charge in [-0.15, -0.1) is 0 Å². The fourth-order valence-electron chi connectivity index (χ4n) is 9.22. The molecule has 0 aliphatic heterocycles. The van der Waals surface area contributed by atoms with E-state index in [1.165, 1.54) is 112 Å². The molecule has 0 bridgehead atoms. The summed E-state index contributed by atoms with van der Waals surface area (Å²) >= 11 is 0. The summed E-state index contributed by atoms with van der Waals surface area (Å²) < 4.78 is 8.85. The molecular weight excluding hydrogens is 849 g/mol. The van der Waals surface area contributed by atoms with E-state index in [1.807, 2.05) is 0 Å². The molecular formula is C66H84N4+4. The number of benzene rings is 4. The Labute approximate surface area is 424 Å². The van der Waals surface area contributed by atoms with Crippen molar-refractivity contribution in [1.82, 2.24) is 0 Å². The molecule has 0 fully saturated rings. The lowest BCUT2D eigenvalue weighted by molar-refractivity contribution is -0.661. The smallest absolute Gasteiger partial charge is 0.201 e. The van der Waals surface area contributed by atoms with Crippen molar-refractivity contribution in [2.75, 3.05) is 0 Å². The van der Waals surface area contributed by atoms with Gasteiger partial charge in [0.1, 0.15) is 28.2 Å². The number of rotatable bonds is 8. The van der Waals surface area contributed by atoms with E-state index < -0.39 is 0 Å². The van der Waals surface area contributed by atoms with Gasteiger partial charge in [0.05, 0.1) is 0 Å². The van der Waals surface area contributed by atoms with Gasteiger partial charge >= 0.3 is 0 Å². The maximum absolute atomic E-state index is 2.31. The number of hydrogen-bond donors (Lipinski definition) is 0. The third kappa shape index (κ3) is 14.3. The fraction of sp³-hybridized carbons (Fsp3) is 0.333. The zero-order chi connectivity index (χ0) is 51.4.